The number of hydrogen-bond donors (Lipinski definition) is 0. The van der Waals surface area contributed by atoms with E-state index in [9.17, 15) is 5.26 Å². The maximum absolute atomic E-state index is 9.87. The van der Waals surface area contributed by atoms with Crippen molar-refractivity contribution in [1.82, 2.24) is 14.5 Å². The van der Waals surface area contributed by atoms with Crippen LogP contribution in [-0.2, 0) is 5.41 Å². The summed E-state index contributed by atoms with van der Waals surface area (Å²) in [4.78, 5) is 10.5. The number of aromatic nitrogens is 3. The third kappa shape index (κ3) is 4.98. The van der Waals surface area contributed by atoms with Crippen LogP contribution in [0.25, 0.3) is 83.6 Å². The zero-order chi connectivity index (χ0) is 36.4. The highest BCUT2D eigenvalue weighted by Crippen LogP contribution is 2.53. The maximum atomic E-state index is 9.87. The average molecular weight is 691 g/mol. The molecule has 0 spiro atoms. The van der Waals surface area contributed by atoms with Crippen molar-refractivity contribution in [3.05, 3.63) is 187 Å². The summed E-state index contributed by atoms with van der Waals surface area (Å²) < 4.78 is 2.39. The molecule has 4 nitrogen and oxygen atoms in total. The second kappa shape index (κ2) is 12.3. The molecule has 2 aromatic heterocycles. The summed E-state index contributed by atoms with van der Waals surface area (Å²) in [6.07, 6.45) is 0. The highest BCUT2D eigenvalue weighted by Gasteiger charge is 2.37. The van der Waals surface area contributed by atoms with E-state index in [-0.39, 0.29) is 5.41 Å². The van der Waals surface area contributed by atoms with Gasteiger partial charge in [-0.3, -0.25) is 0 Å². The summed E-state index contributed by atoms with van der Waals surface area (Å²) in [5, 5.41) is 12.3. The first-order chi connectivity index (χ1) is 26.5. The topological polar surface area (TPSA) is 54.5 Å². The zero-order valence-corrected chi connectivity index (χ0v) is 30.0. The minimum absolute atomic E-state index is 0.111. The summed E-state index contributed by atoms with van der Waals surface area (Å²) in [5.74, 6) is 0.632. The summed E-state index contributed by atoms with van der Waals surface area (Å²) in [6.45, 7) is 4.67. The molecule has 0 radical (unpaired) electrons. The van der Waals surface area contributed by atoms with Crippen LogP contribution in [0.5, 0.6) is 0 Å². The van der Waals surface area contributed by atoms with Crippen LogP contribution in [0.15, 0.2) is 170 Å². The molecule has 9 aromatic rings. The Labute approximate surface area is 314 Å². The number of benzene rings is 7. The standard InChI is InChI=1S/C50H34N4/c1-50(2)41-22-11-9-20-39(41)47-42(50)24-25-46-48(47)40-21-10-12-23-45(40)54(46)38-28-36(35-19-13-14-32(26-35)31-51)27-37(29-38)49-52-43(33-15-5-3-6-16-33)30-44(53-49)34-17-7-4-8-18-34/h3-30H,1-2H3. The molecule has 1 aliphatic rings. The number of rotatable bonds is 5. The molecule has 10 rings (SSSR count). The number of fused-ring (bicyclic) bond motifs is 7. The zero-order valence-electron chi connectivity index (χ0n) is 30.0. The summed E-state index contributed by atoms with van der Waals surface area (Å²) in [5.41, 5.74) is 15.7. The van der Waals surface area contributed by atoms with Gasteiger partial charge < -0.3 is 4.57 Å². The minimum atomic E-state index is -0.111. The van der Waals surface area contributed by atoms with Crippen LogP contribution in [0.3, 0.4) is 0 Å². The highest BCUT2D eigenvalue weighted by atomic mass is 15.0. The fraction of sp³-hybridized carbons (Fsp3) is 0.0600. The predicted molar refractivity (Wildman–Crippen MR) is 220 cm³/mol. The lowest BCUT2D eigenvalue weighted by Crippen LogP contribution is -2.14. The van der Waals surface area contributed by atoms with Crippen LogP contribution in [0.4, 0.5) is 0 Å². The van der Waals surface area contributed by atoms with Gasteiger partial charge in [0.2, 0.25) is 0 Å². The molecule has 7 aromatic carbocycles. The van der Waals surface area contributed by atoms with Gasteiger partial charge >= 0.3 is 0 Å². The third-order valence-corrected chi connectivity index (χ3v) is 11.0. The van der Waals surface area contributed by atoms with Crippen LogP contribution >= 0.6 is 0 Å². The Hall–Kier alpha value is -7.09. The lowest BCUT2D eigenvalue weighted by molar-refractivity contribution is 0.661. The van der Waals surface area contributed by atoms with E-state index in [4.69, 9.17) is 9.97 Å². The fourth-order valence-corrected chi connectivity index (χ4v) is 8.42. The molecular formula is C50H34N4. The van der Waals surface area contributed by atoms with Crippen LogP contribution in [0.2, 0.25) is 0 Å². The minimum Gasteiger partial charge on any atom is -0.309 e. The van der Waals surface area contributed by atoms with E-state index in [1.165, 1.54) is 33.0 Å². The molecule has 1 aliphatic carbocycles. The number of nitriles is 1. The maximum Gasteiger partial charge on any atom is 0.160 e. The van der Waals surface area contributed by atoms with Gasteiger partial charge in [0.05, 0.1) is 34.1 Å². The van der Waals surface area contributed by atoms with Crippen molar-refractivity contribution >= 4 is 21.8 Å². The molecule has 54 heavy (non-hydrogen) atoms. The number of nitrogens with zero attached hydrogens (tertiary/aromatic N) is 4. The summed E-state index contributed by atoms with van der Waals surface area (Å²) in [7, 11) is 0. The van der Waals surface area contributed by atoms with Gasteiger partial charge in [-0.05, 0) is 81.9 Å². The van der Waals surface area contributed by atoms with Crippen molar-refractivity contribution in [2.75, 3.05) is 0 Å². The Bertz CT molecular complexity index is 2910. The first-order valence-corrected chi connectivity index (χ1v) is 18.3. The van der Waals surface area contributed by atoms with E-state index in [0.717, 1.165) is 55.9 Å². The first-order valence-electron chi connectivity index (χ1n) is 18.3. The van der Waals surface area contributed by atoms with Crippen LogP contribution in [0.1, 0.15) is 30.5 Å². The largest absolute Gasteiger partial charge is 0.309 e. The van der Waals surface area contributed by atoms with Crippen LogP contribution in [0, 0.1) is 11.3 Å². The van der Waals surface area contributed by atoms with Gasteiger partial charge in [-0.1, -0.05) is 135 Å². The summed E-state index contributed by atoms with van der Waals surface area (Å²) >= 11 is 0. The number of hydrogen-bond acceptors (Lipinski definition) is 3. The molecule has 0 fully saturated rings. The van der Waals surface area contributed by atoms with Crippen molar-refractivity contribution in [2.45, 2.75) is 19.3 Å². The molecule has 254 valence electrons. The van der Waals surface area contributed by atoms with E-state index >= 15 is 0 Å². The van der Waals surface area contributed by atoms with Gasteiger partial charge in [0.25, 0.3) is 0 Å². The van der Waals surface area contributed by atoms with Gasteiger partial charge in [-0.25, -0.2) is 9.97 Å². The Morgan fingerprint density at radius 1 is 0.519 bits per heavy atom. The Kier molecular flexibility index (Phi) is 7.18. The van der Waals surface area contributed by atoms with Gasteiger partial charge in [0.1, 0.15) is 0 Å². The normalized spacial score (nSPS) is 12.8. The van der Waals surface area contributed by atoms with Gasteiger partial charge in [0.15, 0.2) is 5.82 Å². The Morgan fingerprint density at radius 2 is 1.17 bits per heavy atom. The quantitative estimate of drug-likeness (QED) is 0.181. The highest BCUT2D eigenvalue weighted by molar-refractivity contribution is 6.18. The van der Waals surface area contributed by atoms with E-state index in [1.807, 2.05) is 54.6 Å². The smallest absolute Gasteiger partial charge is 0.160 e. The monoisotopic (exact) mass is 690 g/mol. The van der Waals surface area contributed by atoms with E-state index < -0.39 is 0 Å². The van der Waals surface area contributed by atoms with Gasteiger partial charge in [0, 0.05) is 38.6 Å². The van der Waals surface area contributed by atoms with E-state index in [0.29, 0.717) is 11.4 Å². The summed E-state index contributed by atoms with van der Waals surface area (Å²) in [6, 6.07) is 61.6. The van der Waals surface area contributed by atoms with Crippen molar-refractivity contribution in [3.8, 4) is 67.9 Å². The van der Waals surface area contributed by atoms with Crippen LogP contribution < -0.4 is 0 Å². The fourth-order valence-electron chi connectivity index (χ4n) is 8.42. The molecule has 0 amide bonds. The predicted octanol–water partition coefficient (Wildman–Crippen LogP) is 12.4. The third-order valence-electron chi connectivity index (χ3n) is 11.0. The average Bonchev–Trinajstić information content (AvgIpc) is 3.69. The van der Waals surface area contributed by atoms with Crippen molar-refractivity contribution < 1.29 is 0 Å². The van der Waals surface area contributed by atoms with Crippen molar-refractivity contribution in [3.63, 3.8) is 0 Å². The molecule has 4 heteroatoms. The SMILES string of the molecule is CC1(C)c2ccccc2-c2c1ccc1c2c2ccccc2n1-c1cc(-c2cccc(C#N)c2)cc(-c2nc(-c3ccccc3)cc(-c3ccccc3)n2)c1. The second-order valence-electron chi connectivity index (χ2n) is 14.6. The molecule has 0 bridgehead atoms. The molecule has 0 saturated heterocycles. The number of para-hydroxylation sites is 1. The molecule has 2 heterocycles. The lowest BCUT2D eigenvalue weighted by Gasteiger charge is -2.21. The molecule has 0 aliphatic heterocycles. The second-order valence-corrected chi connectivity index (χ2v) is 14.6. The van der Waals surface area contributed by atoms with Gasteiger partial charge in [-0.2, -0.15) is 5.26 Å². The molecular weight excluding hydrogens is 657 g/mol. The van der Waals surface area contributed by atoms with Crippen LogP contribution in [-0.4, -0.2) is 14.5 Å². The molecule has 0 unspecified atom stereocenters. The molecule has 0 atom stereocenters. The van der Waals surface area contributed by atoms with Crippen molar-refractivity contribution in [2.24, 2.45) is 0 Å². The van der Waals surface area contributed by atoms with E-state index in [2.05, 4.69) is 140 Å². The van der Waals surface area contributed by atoms with E-state index in [1.54, 1.807) is 0 Å². The Balaban J connectivity index is 1.28. The molecule has 0 N–H and O–H groups in total. The first kappa shape index (κ1) is 31.6. The Morgan fingerprint density at radius 3 is 1.91 bits per heavy atom. The van der Waals surface area contributed by atoms with Crippen molar-refractivity contribution in [1.29, 1.82) is 5.26 Å². The molecule has 0 saturated carbocycles. The lowest BCUT2D eigenvalue weighted by atomic mass is 9.82. The van der Waals surface area contributed by atoms with Gasteiger partial charge in [-0.15, -0.1) is 0 Å².